The Kier molecular flexibility index (Phi) is 2.89. The quantitative estimate of drug-likeness (QED) is 0.713. The van der Waals surface area contributed by atoms with E-state index in [1.54, 1.807) is 0 Å². The van der Waals surface area contributed by atoms with Gasteiger partial charge in [-0.05, 0) is 44.7 Å². The van der Waals surface area contributed by atoms with Crippen molar-refractivity contribution in [2.45, 2.75) is 38.6 Å². The zero-order valence-corrected chi connectivity index (χ0v) is 8.71. The molecule has 13 heavy (non-hydrogen) atoms. The fraction of sp³-hybridized carbons (Fsp3) is 1.00. The summed E-state index contributed by atoms with van der Waals surface area (Å²) in [5, 5.41) is 0. The van der Waals surface area contributed by atoms with Gasteiger partial charge in [0, 0.05) is 12.6 Å². The first-order valence-corrected chi connectivity index (χ1v) is 5.73. The molecule has 0 aromatic rings. The van der Waals surface area contributed by atoms with E-state index in [1.165, 1.54) is 45.3 Å². The van der Waals surface area contributed by atoms with Gasteiger partial charge in [0.25, 0.3) is 0 Å². The molecule has 1 aliphatic heterocycles. The molecule has 2 N–H and O–H groups in total. The van der Waals surface area contributed by atoms with E-state index in [-0.39, 0.29) is 0 Å². The lowest BCUT2D eigenvalue weighted by Gasteiger charge is -2.17. The maximum absolute atomic E-state index is 5.90. The Morgan fingerprint density at radius 1 is 1.38 bits per heavy atom. The van der Waals surface area contributed by atoms with E-state index in [1.807, 2.05) is 0 Å². The van der Waals surface area contributed by atoms with Crippen LogP contribution >= 0.6 is 0 Å². The van der Waals surface area contributed by atoms with Gasteiger partial charge >= 0.3 is 0 Å². The van der Waals surface area contributed by atoms with Crippen LogP contribution in [0.1, 0.15) is 32.6 Å². The summed E-state index contributed by atoms with van der Waals surface area (Å²) in [4.78, 5) is 2.60. The highest BCUT2D eigenvalue weighted by Gasteiger charge is 2.27. The molecule has 0 spiro atoms. The van der Waals surface area contributed by atoms with Gasteiger partial charge in [0.05, 0.1) is 0 Å². The predicted molar refractivity (Wildman–Crippen MR) is 55.5 cm³/mol. The number of likely N-dealkylation sites (tertiary alicyclic amines) is 1. The molecule has 0 aromatic heterocycles. The van der Waals surface area contributed by atoms with E-state index < -0.39 is 0 Å². The van der Waals surface area contributed by atoms with E-state index in [2.05, 4.69) is 11.8 Å². The minimum atomic E-state index is 0.394. The van der Waals surface area contributed by atoms with Crippen LogP contribution in [0.15, 0.2) is 0 Å². The standard InChI is InChI=1S/C11H22N2/c1-9(12)11-5-7-13(8-11)6-4-10-2-3-10/h9-11H,2-8,12H2,1H3. The summed E-state index contributed by atoms with van der Waals surface area (Å²) in [6.45, 7) is 6.02. The van der Waals surface area contributed by atoms with E-state index in [9.17, 15) is 0 Å². The molecule has 0 radical (unpaired) electrons. The summed E-state index contributed by atoms with van der Waals surface area (Å²) in [6.07, 6.45) is 5.74. The van der Waals surface area contributed by atoms with Crippen molar-refractivity contribution in [2.24, 2.45) is 17.6 Å². The van der Waals surface area contributed by atoms with Crippen molar-refractivity contribution in [3.05, 3.63) is 0 Å². The van der Waals surface area contributed by atoms with E-state index >= 15 is 0 Å². The normalized spacial score (nSPS) is 32.3. The zero-order valence-electron chi connectivity index (χ0n) is 8.71. The number of hydrogen-bond acceptors (Lipinski definition) is 2. The van der Waals surface area contributed by atoms with Gasteiger partial charge in [-0.1, -0.05) is 12.8 Å². The van der Waals surface area contributed by atoms with Gasteiger partial charge < -0.3 is 10.6 Å². The van der Waals surface area contributed by atoms with Crippen molar-refractivity contribution in [1.82, 2.24) is 4.90 Å². The molecule has 0 amide bonds. The number of nitrogens with zero attached hydrogens (tertiary/aromatic N) is 1. The largest absolute Gasteiger partial charge is 0.328 e. The molecule has 2 rings (SSSR count). The molecule has 2 fully saturated rings. The third kappa shape index (κ3) is 2.68. The van der Waals surface area contributed by atoms with Gasteiger partial charge in [-0.3, -0.25) is 0 Å². The van der Waals surface area contributed by atoms with Crippen LogP contribution < -0.4 is 5.73 Å². The third-order valence-electron chi connectivity index (χ3n) is 3.60. The monoisotopic (exact) mass is 182 g/mol. The van der Waals surface area contributed by atoms with Crippen LogP contribution in [0.4, 0.5) is 0 Å². The Labute approximate surface area is 81.5 Å². The molecule has 1 saturated heterocycles. The maximum Gasteiger partial charge on any atom is 0.00514 e. The molecular weight excluding hydrogens is 160 g/mol. The molecule has 2 aliphatic rings. The Balaban J connectivity index is 1.65. The third-order valence-corrected chi connectivity index (χ3v) is 3.60. The van der Waals surface area contributed by atoms with Crippen molar-refractivity contribution in [1.29, 1.82) is 0 Å². The Hall–Kier alpha value is -0.0800. The van der Waals surface area contributed by atoms with Gasteiger partial charge in [-0.2, -0.15) is 0 Å². The van der Waals surface area contributed by atoms with Gasteiger partial charge in [0.2, 0.25) is 0 Å². The summed E-state index contributed by atoms with van der Waals surface area (Å²) in [6, 6.07) is 0.394. The van der Waals surface area contributed by atoms with E-state index in [0.29, 0.717) is 6.04 Å². The summed E-state index contributed by atoms with van der Waals surface area (Å²) in [5.41, 5.74) is 5.90. The minimum absolute atomic E-state index is 0.394. The number of rotatable bonds is 4. The van der Waals surface area contributed by atoms with Gasteiger partial charge in [0.15, 0.2) is 0 Å². The van der Waals surface area contributed by atoms with Crippen LogP contribution in [0.5, 0.6) is 0 Å². The van der Waals surface area contributed by atoms with E-state index in [4.69, 9.17) is 5.73 Å². The van der Waals surface area contributed by atoms with E-state index in [0.717, 1.165) is 11.8 Å². The topological polar surface area (TPSA) is 29.3 Å². The fourth-order valence-corrected chi connectivity index (χ4v) is 2.27. The molecule has 2 unspecified atom stereocenters. The van der Waals surface area contributed by atoms with Crippen molar-refractivity contribution in [2.75, 3.05) is 19.6 Å². The molecule has 2 heteroatoms. The number of nitrogens with two attached hydrogens (primary N) is 1. The fourth-order valence-electron chi connectivity index (χ4n) is 2.27. The van der Waals surface area contributed by atoms with Crippen LogP contribution in [0.2, 0.25) is 0 Å². The Morgan fingerprint density at radius 2 is 2.15 bits per heavy atom. The first-order chi connectivity index (χ1) is 6.25. The lowest BCUT2D eigenvalue weighted by molar-refractivity contribution is 0.305. The predicted octanol–water partition coefficient (Wildman–Crippen LogP) is 1.46. The van der Waals surface area contributed by atoms with Crippen LogP contribution in [0.3, 0.4) is 0 Å². The van der Waals surface area contributed by atoms with Crippen LogP contribution in [-0.4, -0.2) is 30.6 Å². The highest BCUT2D eigenvalue weighted by atomic mass is 15.1. The summed E-state index contributed by atoms with van der Waals surface area (Å²) < 4.78 is 0. The van der Waals surface area contributed by atoms with Crippen molar-refractivity contribution >= 4 is 0 Å². The van der Waals surface area contributed by atoms with Crippen molar-refractivity contribution < 1.29 is 0 Å². The molecule has 76 valence electrons. The smallest absolute Gasteiger partial charge is 0.00514 e. The SMILES string of the molecule is CC(N)C1CCN(CCC2CC2)C1. The molecule has 0 bridgehead atoms. The van der Waals surface area contributed by atoms with Crippen LogP contribution in [0, 0.1) is 11.8 Å². The highest BCUT2D eigenvalue weighted by Crippen LogP contribution is 2.33. The first-order valence-electron chi connectivity index (χ1n) is 5.73. The highest BCUT2D eigenvalue weighted by molar-refractivity contribution is 4.82. The van der Waals surface area contributed by atoms with Crippen LogP contribution in [0.25, 0.3) is 0 Å². The molecular formula is C11H22N2. The second-order valence-electron chi connectivity index (χ2n) is 4.94. The second kappa shape index (κ2) is 3.97. The second-order valence-corrected chi connectivity index (χ2v) is 4.94. The van der Waals surface area contributed by atoms with Gasteiger partial charge in [-0.25, -0.2) is 0 Å². The summed E-state index contributed by atoms with van der Waals surface area (Å²) >= 11 is 0. The summed E-state index contributed by atoms with van der Waals surface area (Å²) in [7, 11) is 0. The van der Waals surface area contributed by atoms with Crippen LogP contribution in [-0.2, 0) is 0 Å². The minimum Gasteiger partial charge on any atom is -0.328 e. The molecule has 1 aliphatic carbocycles. The number of hydrogen-bond donors (Lipinski definition) is 1. The molecule has 1 saturated carbocycles. The van der Waals surface area contributed by atoms with Gasteiger partial charge in [0.1, 0.15) is 0 Å². The molecule has 0 aromatic carbocycles. The van der Waals surface area contributed by atoms with Crippen molar-refractivity contribution in [3.63, 3.8) is 0 Å². The summed E-state index contributed by atoms with van der Waals surface area (Å²) in [5.74, 6) is 1.84. The average Bonchev–Trinajstić information content (AvgIpc) is 2.79. The van der Waals surface area contributed by atoms with Gasteiger partial charge in [-0.15, -0.1) is 0 Å². The molecule has 2 atom stereocenters. The molecule has 2 nitrogen and oxygen atoms in total. The maximum atomic E-state index is 5.90. The lowest BCUT2D eigenvalue weighted by atomic mass is 10.0. The Bertz CT molecular complexity index is 163. The first kappa shape index (κ1) is 9.47. The zero-order chi connectivity index (χ0) is 9.26. The average molecular weight is 182 g/mol. The Morgan fingerprint density at radius 3 is 2.69 bits per heavy atom. The lowest BCUT2D eigenvalue weighted by Crippen LogP contribution is -2.30. The van der Waals surface area contributed by atoms with Crippen molar-refractivity contribution in [3.8, 4) is 0 Å². The molecule has 1 heterocycles.